The van der Waals surface area contributed by atoms with E-state index in [-0.39, 0.29) is 12.2 Å². The van der Waals surface area contributed by atoms with E-state index in [9.17, 15) is 9.18 Å². The van der Waals surface area contributed by atoms with Crippen molar-refractivity contribution in [3.63, 3.8) is 0 Å². The Balaban J connectivity index is 2.09. The third kappa shape index (κ3) is 3.51. The number of benzene rings is 1. The van der Waals surface area contributed by atoms with Crippen LogP contribution in [0.25, 0.3) is 0 Å². The maximum atomic E-state index is 12.8. The van der Waals surface area contributed by atoms with Gasteiger partial charge >= 0.3 is 5.97 Å². The van der Waals surface area contributed by atoms with Gasteiger partial charge in [-0.2, -0.15) is 0 Å². The Morgan fingerprint density at radius 3 is 2.74 bits per heavy atom. The van der Waals surface area contributed by atoms with Crippen molar-refractivity contribution in [2.24, 2.45) is 0 Å². The van der Waals surface area contributed by atoms with Crippen molar-refractivity contribution in [3.05, 3.63) is 41.2 Å². The second-order valence-corrected chi connectivity index (χ2v) is 4.89. The summed E-state index contributed by atoms with van der Waals surface area (Å²) in [5, 5.41) is 11.2. The fourth-order valence-corrected chi connectivity index (χ4v) is 2.42. The van der Waals surface area contributed by atoms with Crippen LogP contribution in [0.5, 0.6) is 0 Å². The van der Waals surface area contributed by atoms with Crippen molar-refractivity contribution in [2.45, 2.75) is 12.8 Å². The first-order valence-corrected chi connectivity index (χ1v) is 6.59. The predicted molar refractivity (Wildman–Crippen MR) is 72.5 cm³/mol. The Morgan fingerprint density at radius 1 is 1.42 bits per heavy atom. The molecule has 0 saturated carbocycles. The molecule has 0 aliphatic carbocycles. The minimum Gasteiger partial charge on any atom is -0.481 e. The fourth-order valence-electron chi connectivity index (χ4n) is 1.58. The van der Waals surface area contributed by atoms with E-state index in [1.807, 2.05) is 17.3 Å². The predicted octanol–water partition coefficient (Wildman–Crippen LogP) is 3.07. The number of aliphatic carboxylic acids is 1. The van der Waals surface area contributed by atoms with Gasteiger partial charge in [-0.25, -0.2) is 9.37 Å². The van der Waals surface area contributed by atoms with Gasteiger partial charge in [-0.1, -0.05) is 0 Å². The molecular weight excluding hydrogens is 267 g/mol. The number of rotatable bonds is 5. The number of aromatic nitrogens is 1. The Kier molecular flexibility index (Phi) is 4.11. The molecule has 4 nitrogen and oxygen atoms in total. The molecule has 1 heterocycles. The number of carboxylic acid groups (broad SMARTS) is 1. The van der Waals surface area contributed by atoms with Crippen LogP contribution < -0.4 is 4.90 Å². The third-order valence-corrected chi connectivity index (χ3v) is 3.60. The highest BCUT2D eigenvalue weighted by atomic mass is 32.1. The maximum Gasteiger partial charge on any atom is 0.303 e. The largest absolute Gasteiger partial charge is 0.481 e. The van der Waals surface area contributed by atoms with Gasteiger partial charge in [0.1, 0.15) is 5.82 Å². The molecule has 0 fully saturated rings. The van der Waals surface area contributed by atoms with Crippen molar-refractivity contribution < 1.29 is 14.3 Å². The lowest BCUT2D eigenvalue weighted by atomic mass is 10.2. The highest BCUT2D eigenvalue weighted by molar-refractivity contribution is 7.13. The second-order valence-electron chi connectivity index (χ2n) is 4.05. The summed E-state index contributed by atoms with van der Waals surface area (Å²) in [5.41, 5.74) is 1.59. The molecule has 0 amide bonds. The molecule has 2 aromatic rings. The zero-order chi connectivity index (χ0) is 13.8. The lowest BCUT2D eigenvalue weighted by molar-refractivity contribution is -0.136. The quantitative estimate of drug-likeness (QED) is 0.914. The standard InChI is InChI=1S/C13H13FN2O2S/c1-16(11-5-2-9(14)3-6-11)13-15-10(8-19-13)4-7-12(17)18/h2-3,5-6,8H,4,7H2,1H3,(H,17,18). The van der Waals surface area contributed by atoms with E-state index in [0.29, 0.717) is 6.42 Å². The highest BCUT2D eigenvalue weighted by Crippen LogP contribution is 2.27. The average molecular weight is 280 g/mol. The summed E-state index contributed by atoms with van der Waals surface area (Å²) in [4.78, 5) is 16.7. The van der Waals surface area contributed by atoms with Crippen molar-refractivity contribution in [3.8, 4) is 0 Å². The number of thiazole rings is 1. The highest BCUT2D eigenvalue weighted by Gasteiger charge is 2.10. The summed E-state index contributed by atoms with van der Waals surface area (Å²) in [5.74, 6) is -1.11. The Labute approximate surface area is 114 Å². The SMILES string of the molecule is CN(c1ccc(F)cc1)c1nc(CCC(=O)O)cs1. The zero-order valence-electron chi connectivity index (χ0n) is 10.3. The maximum absolute atomic E-state index is 12.8. The molecule has 0 bridgehead atoms. The minimum atomic E-state index is -0.832. The van der Waals surface area contributed by atoms with Crippen LogP contribution in [0.1, 0.15) is 12.1 Å². The van der Waals surface area contributed by atoms with Crippen LogP contribution in [0.4, 0.5) is 15.2 Å². The second kappa shape index (κ2) is 5.79. The Bertz CT molecular complexity index is 568. The first-order chi connectivity index (χ1) is 9.06. The van der Waals surface area contributed by atoms with Crippen LogP contribution in [0, 0.1) is 5.82 Å². The van der Waals surface area contributed by atoms with Gasteiger partial charge in [-0.3, -0.25) is 4.79 Å². The Morgan fingerprint density at radius 2 is 2.11 bits per heavy atom. The first kappa shape index (κ1) is 13.5. The number of nitrogens with zero attached hydrogens (tertiary/aromatic N) is 2. The smallest absolute Gasteiger partial charge is 0.303 e. The van der Waals surface area contributed by atoms with E-state index in [1.54, 1.807) is 12.1 Å². The molecule has 2 rings (SSSR count). The molecule has 1 aromatic heterocycles. The van der Waals surface area contributed by atoms with Crippen molar-refractivity contribution in [2.75, 3.05) is 11.9 Å². The van der Waals surface area contributed by atoms with Crippen LogP contribution >= 0.6 is 11.3 Å². The number of hydrogen-bond donors (Lipinski definition) is 1. The molecule has 6 heteroatoms. The first-order valence-electron chi connectivity index (χ1n) is 5.72. The van der Waals surface area contributed by atoms with Gasteiger partial charge < -0.3 is 10.0 Å². The van der Waals surface area contributed by atoms with Gasteiger partial charge in [-0.05, 0) is 24.3 Å². The molecule has 0 atom stereocenters. The molecule has 1 N–H and O–H groups in total. The number of hydrogen-bond acceptors (Lipinski definition) is 4. The monoisotopic (exact) mass is 280 g/mol. The summed E-state index contributed by atoms with van der Waals surface area (Å²) in [6.07, 6.45) is 0.493. The topological polar surface area (TPSA) is 53.4 Å². The number of carbonyl (C=O) groups is 1. The number of anilines is 2. The van der Waals surface area contributed by atoms with Gasteiger partial charge in [0.15, 0.2) is 5.13 Å². The van der Waals surface area contributed by atoms with Crippen LogP contribution in [-0.4, -0.2) is 23.1 Å². The molecule has 19 heavy (non-hydrogen) atoms. The molecule has 0 aliphatic heterocycles. The van der Waals surface area contributed by atoms with Crippen LogP contribution in [0.3, 0.4) is 0 Å². The summed E-state index contributed by atoms with van der Waals surface area (Å²) in [7, 11) is 1.84. The number of aryl methyl sites for hydroxylation is 1. The van der Waals surface area contributed by atoms with E-state index in [0.717, 1.165) is 16.5 Å². The van der Waals surface area contributed by atoms with Gasteiger partial charge in [0.2, 0.25) is 0 Å². The fraction of sp³-hybridized carbons (Fsp3) is 0.231. The van der Waals surface area contributed by atoms with Gasteiger partial charge in [0, 0.05) is 24.5 Å². The van der Waals surface area contributed by atoms with E-state index in [4.69, 9.17) is 5.11 Å². The summed E-state index contributed by atoms with van der Waals surface area (Å²) in [6.45, 7) is 0. The van der Waals surface area contributed by atoms with Crippen LogP contribution in [-0.2, 0) is 11.2 Å². The molecule has 0 unspecified atom stereocenters. The molecule has 0 aliphatic rings. The van der Waals surface area contributed by atoms with Crippen LogP contribution in [0.2, 0.25) is 0 Å². The molecule has 100 valence electrons. The zero-order valence-corrected chi connectivity index (χ0v) is 11.2. The van der Waals surface area contributed by atoms with Crippen molar-refractivity contribution >= 4 is 28.1 Å². The summed E-state index contributed by atoms with van der Waals surface area (Å²) < 4.78 is 12.8. The van der Waals surface area contributed by atoms with Gasteiger partial charge in [0.25, 0.3) is 0 Å². The third-order valence-electron chi connectivity index (χ3n) is 2.64. The normalized spacial score (nSPS) is 10.4. The summed E-state index contributed by atoms with van der Waals surface area (Å²) >= 11 is 1.44. The Hall–Kier alpha value is -1.95. The van der Waals surface area contributed by atoms with Gasteiger partial charge in [-0.15, -0.1) is 11.3 Å². The van der Waals surface area contributed by atoms with E-state index < -0.39 is 5.97 Å². The van der Waals surface area contributed by atoms with E-state index >= 15 is 0 Å². The molecule has 0 spiro atoms. The number of halogens is 1. The van der Waals surface area contributed by atoms with Crippen LogP contribution in [0.15, 0.2) is 29.6 Å². The lowest BCUT2D eigenvalue weighted by Gasteiger charge is -2.15. The molecule has 0 radical (unpaired) electrons. The van der Waals surface area contributed by atoms with Gasteiger partial charge in [0.05, 0.1) is 12.1 Å². The van der Waals surface area contributed by atoms with E-state index in [1.165, 1.54) is 23.5 Å². The van der Waals surface area contributed by atoms with Crippen molar-refractivity contribution in [1.29, 1.82) is 0 Å². The van der Waals surface area contributed by atoms with E-state index in [2.05, 4.69) is 4.98 Å². The number of carboxylic acids is 1. The lowest BCUT2D eigenvalue weighted by Crippen LogP contribution is -2.09. The molecule has 1 aromatic carbocycles. The average Bonchev–Trinajstić information content (AvgIpc) is 2.85. The molecular formula is C13H13FN2O2S. The minimum absolute atomic E-state index is 0.0729. The molecule has 0 saturated heterocycles. The summed E-state index contributed by atoms with van der Waals surface area (Å²) in [6, 6.07) is 6.14. The van der Waals surface area contributed by atoms with Crippen molar-refractivity contribution in [1.82, 2.24) is 4.98 Å².